The minimum Gasteiger partial charge on any atom is -0.399 e. The molecular formula is C13H14N2O. The van der Waals surface area contributed by atoms with E-state index in [1.54, 1.807) is 19.0 Å². The van der Waals surface area contributed by atoms with Crippen molar-refractivity contribution in [3.63, 3.8) is 0 Å². The molecule has 0 unspecified atom stereocenters. The fraction of sp³-hybridized carbons (Fsp3) is 0.154. The van der Waals surface area contributed by atoms with Gasteiger partial charge < -0.3 is 10.6 Å². The van der Waals surface area contributed by atoms with Gasteiger partial charge in [0.05, 0.1) is 0 Å². The molecular weight excluding hydrogens is 200 g/mol. The molecule has 0 heterocycles. The van der Waals surface area contributed by atoms with E-state index in [4.69, 9.17) is 5.73 Å². The van der Waals surface area contributed by atoms with Crippen molar-refractivity contribution in [2.75, 3.05) is 19.8 Å². The normalized spacial score (nSPS) is 10.4. The van der Waals surface area contributed by atoms with Crippen LogP contribution in [-0.4, -0.2) is 24.9 Å². The van der Waals surface area contributed by atoms with E-state index in [0.717, 1.165) is 16.5 Å². The van der Waals surface area contributed by atoms with Gasteiger partial charge in [0.15, 0.2) is 0 Å². The van der Waals surface area contributed by atoms with Gasteiger partial charge in [-0.05, 0) is 35.0 Å². The number of benzene rings is 2. The number of hydrogen-bond acceptors (Lipinski definition) is 2. The summed E-state index contributed by atoms with van der Waals surface area (Å²) in [6.07, 6.45) is 0. The number of fused-ring (bicyclic) bond motifs is 1. The van der Waals surface area contributed by atoms with Crippen molar-refractivity contribution in [1.82, 2.24) is 4.90 Å². The zero-order chi connectivity index (χ0) is 11.7. The highest BCUT2D eigenvalue weighted by Crippen LogP contribution is 2.19. The summed E-state index contributed by atoms with van der Waals surface area (Å²) in [5, 5.41) is 2.08. The molecule has 2 N–H and O–H groups in total. The maximum atomic E-state index is 11.8. The molecule has 1 amide bonds. The SMILES string of the molecule is CN(C)C(=O)c1ccc2cc(N)ccc2c1. The minimum absolute atomic E-state index is 0.0127. The second-order valence-corrected chi connectivity index (χ2v) is 4.02. The second-order valence-electron chi connectivity index (χ2n) is 4.02. The highest BCUT2D eigenvalue weighted by atomic mass is 16.2. The van der Waals surface area contributed by atoms with Crippen molar-refractivity contribution in [3.05, 3.63) is 42.0 Å². The lowest BCUT2D eigenvalue weighted by atomic mass is 10.1. The first-order valence-corrected chi connectivity index (χ1v) is 5.09. The average Bonchev–Trinajstić information content (AvgIpc) is 2.27. The molecule has 0 saturated carbocycles. The monoisotopic (exact) mass is 214 g/mol. The third-order valence-corrected chi connectivity index (χ3v) is 2.52. The van der Waals surface area contributed by atoms with Crippen LogP contribution in [0.4, 0.5) is 5.69 Å². The number of nitrogen functional groups attached to an aromatic ring is 1. The fourth-order valence-corrected chi connectivity index (χ4v) is 1.66. The average molecular weight is 214 g/mol. The Labute approximate surface area is 94.5 Å². The van der Waals surface area contributed by atoms with Gasteiger partial charge in [-0.2, -0.15) is 0 Å². The molecule has 0 fully saturated rings. The molecule has 0 aliphatic heterocycles. The molecule has 16 heavy (non-hydrogen) atoms. The summed E-state index contributed by atoms with van der Waals surface area (Å²) in [5.74, 6) is 0.0127. The van der Waals surface area contributed by atoms with Crippen molar-refractivity contribution in [2.24, 2.45) is 0 Å². The lowest BCUT2D eigenvalue weighted by molar-refractivity contribution is 0.0828. The predicted molar refractivity (Wildman–Crippen MR) is 66.4 cm³/mol. The highest BCUT2D eigenvalue weighted by Gasteiger charge is 2.07. The molecule has 2 aromatic rings. The van der Waals surface area contributed by atoms with Crippen LogP contribution in [0.2, 0.25) is 0 Å². The van der Waals surface area contributed by atoms with Gasteiger partial charge in [-0.15, -0.1) is 0 Å². The van der Waals surface area contributed by atoms with Crippen LogP contribution in [0.1, 0.15) is 10.4 Å². The first-order valence-electron chi connectivity index (χ1n) is 5.09. The molecule has 0 spiro atoms. The molecule has 0 aromatic heterocycles. The Bertz CT molecular complexity index is 547. The summed E-state index contributed by atoms with van der Waals surface area (Å²) in [6.45, 7) is 0. The molecule has 2 aromatic carbocycles. The van der Waals surface area contributed by atoms with Gasteiger partial charge in [0.1, 0.15) is 0 Å². The van der Waals surface area contributed by atoms with Gasteiger partial charge in [0.25, 0.3) is 5.91 Å². The Hall–Kier alpha value is -2.03. The summed E-state index contributed by atoms with van der Waals surface area (Å²) >= 11 is 0. The molecule has 0 bridgehead atoms. The van der Waals surface area contributed by atoms with Gasteiger partial charge in [0, 0.05) is 25.3 Å². The van der Waals surface area contributed by atoms with E-state index in [9.17, 15) is 4.79 Å². The largest absolute Gasteiger partial charge is 0.399 e. The van der Waals surface area contributed by atoms with E-state index in [1.807, 2.05) is 36.4 Å². The molecule has 82 valence electrons. The van der Waals surface area contributed by atoms with Gasteiger partial charge in [-0.1, -0.05) is 12.1 Å². The van der Waals surface area contributed by atoms with E-state index in [-0.39, 0.29) is 5.91 Å². The molecule has 3 heteroatoms. The standard InChI is InChI=1S/C13H14N2O/c1-15(2)13(16)11-4-3-10-8-12(14)6-5-9(10)7-11/h3-8H,14H2,1-2H3. The first kappa shape index (κ1) is 10.5. The van der Waals surface area contributed by atoms with Crippen LogP contribution >= 0.6 is 0 Å². The molecule has 3 nitrogen and oxygen atoms in total. The van der Waals surface area contributed by atoms with E-state index < -0.39 is 0 Å². The zero-order valence-electron chi connectivity index (χ0n) is 9.40. The molecule has 0 radical (unpaired) electrons. The van der Waals surface area contributed by atoms with Crippen molar-refractivity contribution in [1.29, 1.82) is 0 Å². The smallest absolute Gasteiger partial charge is 0.253 e. The lowest BCUT2D eigenvalue weighted by Crippen LogP contribution is -2.21. The number of hydrogen-bond donors (Lipinski definition) is 1. The van der Waals surface area contributed by atoms with Crippen LogP contribution in [0, 0.1) is 0 Å². The Morgan fingerprint density at radius 1 is 1.06 bits per heavy atom. The number of carbonyl (C=O) groups is 1. The summed E-state index contributed by atoms with van der Waals surface area (Å²) in [4.78, 5) is 13.3. The van der Waals surface area contributed by atoms with Crippen LogP contribution in [0.25, 0.3) is 10.8 Å². The summed E-state index contributed by atoms with van der Waals surface area (Å²) in [5.41, 5.74) is 7.13. The third kappa shape index (κ3) is 1.84. The Morgan fingerprint density at radius 2 is 1.69 bits per heavy atom. The van der Waals surface area contributed by atoms with Crippen molar-refractivity contribution in [3.8, 4) is 0 Å². The Morgan fingerprint density at radius 3 is 2.38 bits per heavy atom. The Kier molecular flexibility index (Phi) is 2.52. The quantitative estimate of drug-likeness (QED) is 0.739. The summed E-state index contributed by atoms with van der Waals surface area (Å²) in [6, 6.07) is 11.3. The molecule has 0 aliphatic rings. The fourth-order valence-electron chi connectivity index (χ4n) is 1.66. The number of carbonyl (C=O) groups excluding carboxylic acids is 1. The number of rotatable bonds is 1. The lowest BCUT2D eigenvalue weighted by Gasteiger charge is -2.10. The molecule has 0 saturated heterocycles. The van der Waals surface area contributed by atoms with E-state index >= 15 is 0 Å². The second kappa shape index (κ2) is 3.85. The highest BCUT2D eigenvalue weighted by molar-refractivity contribution is 5.98. The predicted octanol–water partition coefficient (Wildman–Crippen LogP) is 2.12. The van der Waals surface area contributed by atoms with Crippen LogP contribution in [0.3, 0.4) is 0 Å². The zero-order valence-corrected chi connectivity index (χ0v) is 9.40. The van der Waals surface area contributed by atoms with Crippen LogP contribution < -0.4 is 5.73 Å². The van der Waals surface area contributed by atoms with Crippen molar-refractivity contribution >= 4 is 22.4 Å². The van der Waals surface area contributed by atoms with Gasteiger partial charge in [-0.25, -0.2) is 0 Å². The third-order valence-electron chi connectivity index (χ3n) is 2.52. The van der Waals surface area contributed by atoms with Crippen LogP contribution in [0.5, 0.6) is 0 Å². The van der Waals surface area contributed by atoms with Crippen LogP contribution in [0.15, 0.2) is 36.4 Å². The Balaban J connectivity index is 2.52. The van der Waals surface area contributed by atoms with E-state index in [2.05, 4.69) is 0 Å². The maximum Gasteiger partial charge on any atom is 0.253 e. The van der Waals surface area contributed by atoms with Crippen molar-refractivity contribution < 1.29 is 4.79 Å². The number of nitrogens with zero attached hydrogens (tertiary/aromatic N) is 1. The minimum atomic E-state index is 0.0127. The van der Waals surface area contributed by atoms with Crippen LogP contribution in [-0.2, 0) is 0 Å². The summed E-state index contributed by atoms with van der Waals surface area (Å²) in [7, 11) is 3.49. The molecule has 0 aliphatic carbocycles. The van der Waals surface area contributed by atoms with Gasteiger partial charge in [-0.3, -0.25) is 4.79 Å². The van der Waals surface area contributed by atoms with Crippen molar-refractivity contribution in [2.45, 2.75) is 0 Å². The summed E-state index contributed by atoms with van der Waals surface area (Å²) < 4.78 is 0. The maximum absolute atomic E-state index is 11.8. The number of nitrogens with two attached hydrogens (primary N) is 1. The topological polar surface area (TPSA) is 46.3 Å². The molecule has 2 rings (SSSR count). The number of amides is 1. The van der Waals surface area contributed by atoms with Gasteiger partial charge >= 0.3 is 0 Å². The number of anilines is 1. The first-order chi connectivity index (χ1) is 7.58. The molecule has 0 atom stereocenters. The van der Waals surface area contributed by atoms with E-state index in [1.165, 1.54) is 0 Å². The van der Waals surface area contributed by atoms with Gasteiger partial charge in [0.2, 0.25) is 0 Å². The van der Waals surface area contributed by atoms with E-state index in [0.29, 0.717) is 5.56 Å².